The van der Waals surface area contributed by atoms with Crippen molar-refractivity contribution in [2.24, 2.45) is 5.92 Å². The van der Waals surface area contributed by atoms with Gasteiger partial charge in [-0.05, 0) is 24.5 Å². The highest BCUT2D eigenvalue weighted by atomic mass is 16.5. The van der Waals surface area contributed by atoms with Crippen LogP contribution in [0.5, 0.6) is 0 Å². The Morgan fingerprint density at radius 2 is 2.19 bits per heavy atom. The maximum Gasteiger partial charge on any atom is 0.0995 e. The molecule has 0 aromatic heterocycles. The Balaban J connectivity index is 1.77. The number of ether oxygens (including phenoxy) is 1. The number of hydrogen-bond acceptors (Lipinski definition) is 4. The van der Waals surface area contributed by atoms with Gasteiger partial charge in [-0.3, -0.25) is 4.90 Å². The molecule has 0 amide bonds. The standard InChI is InChI=1S/C17H22N2O2/c18-10-13-4-1-2-5-14(13)11-19-8-9-21-12-16(19)15-6-3-7-17(15)20/h1-2,4-5,15-17,20H,3,6-9,11-12H2/t15-,16-,17-/m1/s1. The first kappa shape index (κ1) is 14.5. The van der Waals surface area contributed by atoms with Gasteiger partial charge in [0, 0.05) is 25.0 Å². The number of benzene rings is 1. The van der Waals surface area contributed by atoms with Gasteiger partial charge in [-0.2, -0.15) is 5.26 Å². The molecule has 0 spiro atoms. The van der Waals surface area contributed by atoms with Crippen LogP contribution >= 0.6 is 0 Å². The van der Waals surface area contributed by atoms with E-state index in [-0.39, 0.29) is 12.1 Å². The lowest BCUT2D eigenvalue weighted by atomic mass is 9.93. The fraction of sp³-hybridized carbons (Fsp3) is 0.588. The summed E-state index contributed by atoms with van der Waals surface area (Å²) in [5, 5.41) is 19.4. The van der Waals surface area contributed by atoms with Crippen LogP contribution in [0.2, 0.25) is 0 Å². The largest absolute Gasteiger partial charge is 0.393 e. The molecule has 2 fully saturated rings. The molecule has 3 atom stereocenters. The van der Waals surface area contributed by atoms with E-state index in [0.717, 1.165) is 50.1 Å². The second-order valence-electron chi connectivity index (χ2n) is 6.04. The van der Waals surface area contributed by atoms with Crippen molar-refractivity contribution < 1.29 is 9.84 Å². The van der Waals surface area contributed by atoms with Crippen molar-refractivity contribution in [1.82, 2.24) is 4.90 Å². The zero-order valence-electron chi connectivity index (χ0n) is 12.2. The molecule has 1 aromatic rings. The van der Waals surface area contributed by atoms with Gasteiger partial charge in [-0.1, -0.05) is 24.6 Å². The van der Waals surface area contributed by atoms with Gasteiger partial charge in [0.25, 0.3) is 0 Å². The normalized spacial score (nSPS) is 30.2. The molecular formula is C17H22N2O2. The summed E-state index contributed by atoms with van der Waals surface area (Å²) in [4.78, 5) is 2.39. The highest BCUT2D eigenvalue weighted by Gasteiger charge is 2.37. The monoisotopic (exact) mass is 286 g/mol. The van der Waals surface area contributed by atoms with Gasteiger partial charge in [-0.25, -0.2) is 0 Å². The minimum Gasteiger partial charge on any atom is -0.393 e. The molecule has 1 saturated heterocycles. The second-order valence-corrected chi connectivity index (χ2v) is 6.04. The average Bonchev–Trinajstić information content (AvgIpc) is 2.94. The molecule has 112 valence electrons. The number of aliphatic hydroxyl groups excluding tert-OH is 1. The third kappa shape index (κ3) is 3.11. The van der Waals surface area contributed by atoms with Crippen LogP contribution in [0.15, 0.2) is 24.3 Å². The molecule has 1 heterocycles. The zero-order valence-corrected chi connectivity index (χ0v) is 12.2. The summed E-state index contributed by atoms with van der Waals surface area (Å²) in [5.74, 6) is 0.305. The van der Waals surface area contributed by atoms with Crippen molar-refractivity contribution in [3.05, 3.63) is 35.4 Å². The van der Waals surface area contributed by atoms with Crippen LogP contribution in [0.25, 0.3) is 0 Å². The maximum atomic E-state index is 10.2. The van der Waals surface area contributed by atoms with E-state index in [1.165, 1.54) is 0 Å². The summed E-state index contributed by atoms with van der Waals surface area (Å²) < 4.78 is 5.65. The molecule has 0 unspecified atom stereocenters. The minimum absolute atomic E-state index is 0.203. The number of nitrogens with zero attached hydrogens (tertiary/aromatic N) is 2. The molecule has 2 aliphatic rings. The number of aliphatic hydroxyl groups is 1. The van der Waals surface area contributed by atoms with E-state index in [0.29, 0.717) is 12.5 Å². The number of nitriles is 1. The highest BCUT2D eigenvalue weighted by Crippen LogP contribution is 2.33. The van der Waals surface area contributed by atoms with Crippen molar-refractivity contribution in [1.29, 1.82) is 5.26 Å². The Labute approximate surface area is 125 Å². The first-order valence-corrected chi connectivity index (χ1v) is 7.77. The zero-order chi connectivity index (χ0) is 14.7. The van der Waals surface area contributed by atoms with Gasteiger partial charge < -0.3 is 9.84 Å². The van der Waals surface area contributed by atoms with E-state index in [4.69, 9.17) is 4.74 Å². The number of hydrogen-bond donors (Lipinski definition) is 1. The predicted molar refractivity (Wildman–Crippen MR) is 79.5 cm³/mol. The molecule has 21 heavy (non-hydrogen) atoms. The van der Waals surface area contributed by atoms with Crippen LogP contribution in [-0.4, -0.2) is 41.9 Å². The van der Waals surface area contributed by atoms with Gasteiger partial charge in [0.15, 0.2) is 0 Å². The second kappa shape index (κ2) is 6.57. The van der Waals surface area contributed by atoms with Crippen molar-refractivity contribution in [2.75, 3.05) is 19.8 Å². The molecule has 1 aromatic carbocycles. The molecule has 4 nitrogen and oxygen atoms in total. The summed E-state index contributed by atoms with van der Waals surface area (Å²) in [5.41, 5.74) is 1.81. The number of morpholine rings is 1. The van der Waals surface area contributed by atoms with Gasteiger partial charge in [0.05, 0.1) is 31.0 Å². The van der Waals surface area contributed by atoms with Crippen molar-refractivity contribution in [3.63, 3.8) is 0 Å². The molecule has 4 heteroatoms. The van der Waals surface area contributed by atoms with E-state index < -0.39 is 0 Å². The van der Waals surface area contributed by atoms with E-state index in [1.54, 1.807) is 0 Å². The van der Waals surface area contributed by atoms with Crippen LogP contribution in [0.3, 0.4) is 0 Å². The molecule has 1 saturated carbocycles. The third-order valence-electron chi connectivity index (χ3n) is 4.82. The van der Waals surface area contributed by atoms with Crippen molar-refractivity contribution >= 4 is 0 Å². The van der Waals surface area contributed by atoms with E-state index in [1.807, 2.05) is 24.3 Å². The first-order valence-electron chi connectivity index (χ1n) is 7.77. The molecule has 1 aliphatic carbocycles. The summed E-state index contributed by atoms with van der Waals surface area (Å²) >= 11 is 0. The third-order valence-corrected chi connectivity index (χ3v) is 4.82. The Bertz CT molecular complexity index is 526. The quantitative estimate of drug-likeness (QED) is 0.922. The van der Waals surface area contributed by atoms with E-state index >= 15 is 0 Å². The minimum atomic E-state index is -0.203. The van der Waals surface area contributed by atoms with E-state index in [9.17, 15) is 10.4 Å². The lowest BCUT2D eigenvalue weighted by molar-refractivity contribution is -0.0536. The molecule has 3 rings (SSSR count). The van der Waals surface area contributed by atoms with Crippen LogP contribution < -0.4 is 0 Å². The topological polar surface area (TPSA) is 56.5 Å². The van der Waals surface area contributed by atoms with Crippen LogP contribution in [0.1, 0.15) is 30.4 Å². The van der Waals surface area contributed by atoms with Gasteiger partial charge in [0.1, 0.15) is 0 Å². The van der Waals surface area contributed by atoms with E-state index in [2.05, 4.69) is 11.0 Å². The van der Waals surface area contributed by atoms with Crippen molar-refractivity contribution in [3.8, 4) is 6.07 Å². The molecule has 0 radical (unpaired) electrons. The average molecular weight is 286 g/mol. The first-order chi connectivity index (χ1) is 10.3. The van der Waals surface area contributed by atoms with Crippen LogP contribution in [-0.2, 0) is 11.3 Å². The molecule has 0 bridgehead atoms. The Morgan fingerprint density at radius 3 is 2.95 bits per heavy atom. The molecular weight excluding hydrogens is 264 g/mol. The fourth-order valence-electron chi connectivity index (χ4n) is 3.65. The maximum absolute atomic E-state index is 10.2. The Hall–Kier alpha value is -1.41. The SMILES string of the molecule is N#Cc1ccccc1CN1CCOC[C@@H]1[C@H]1CCC[C@H]1O. The number of rotatable bonds is 3. The fourth-order valence-corrected chi connectivity index (χ4v) is 3.65. The Morgan fingerprint density at radius 1 is 1.33 bits per heavy atom. The van der Waals surface area contributed by atoms with Gasteiger partial charge >= 0.3 is 0 Å². The predicted octanol–water partition coefficient (Wildman–Crippen LogP) is 1.92. The lowest BCUT2D eigenvalue weighted by Crippen LogP contribution is -2.50. The smallest absolute Gasteiger partial charge is 0.0995 e. The summed E-state index contributed by atoms with van der Waals surface area (Å²) in [6.45, 7) is 3.05. The van der Waals surface area contributed by atoms with Crippen LogP contribution in [0, 0.1) is 17.2 Å². The lowest BCUT2D eigenvalue weighted by Gasteiger charge is -2.40. The molecule has 1 aliphatic heterocycles. The Kier molecular flexibility index (Phi) is 4.54. The van der Waals surface area contributed by atoms with Crippen molar-refractivity contribution in [2.45, 2.75) is 38.0 Å². The van der Waals surface area contributed by atoms with Gasteiger partial charge in [-0.15, -0.1) is 0 Å². The summed E-state index contributed by atoms with van der Waals surface area (Å²) in [6.07, 6.45) is 2.88. The molecule has 1 N–H and O–H groups in total. The summed E-state index contributed by atoms with van der Waals surface area (Å²) in [7, 11) is 0. The highest BCUT2D eigenvalue weighted by molar-refractivity contribution is 5.37. The summed E-state index contributed by atoms with van der Waals surface area (Å²) in [6, 6.07) is 10.3. The van der Waals surface area contributed by atoms with Crippen LogP contribution in [0.4, 0.5) is 0 Å². The van der Waals surface area contributed by atoms with Gasteiger partial charge in [0.2, 0.25) is 0 Å².